The number of carbonyl (C=O) groups excluding carboxylic acids is 1. The van der Waals surface area contributed by atoms with Gasteiger partial charge in [-0.05, 0) is 18.9 Å². The van der Waals surface area contributed by atoms with Crippen LogP contribution in [0.25, 0.3) is 0 Å². The van der Waals surface area contributed by atoms with E-state index in [0.717, 1.165) is 32.6 Å². The fourth-order valence-electron chi connectivity index (χ4n) is 4.45. The standard InChI is InChI=1S/C18H27N5O/c1-12-4-3-5-13(8-12)17-14(9-19-21-17)10-23-7-6-16-15(11-23)20-18(24)22(16)2/h3-5,8,14-17,19,21H,6-7,9-11H2,1-2H3,(H,20,24)/t14?,15-,16+,17?/m1/s1. The lowest BCUT2D eigenvalue weighted by atomic mass is 9.92. The van der Waals surface area contributed by atoms with Crippen LogP contribution in [0.5, 0.6) is 0 Å². The summed E-state index contributed by atoms with van der Waals surface area (Å²) in [5.74, 6) is 0.540. The van der Waals surface area contributed by atoms with Gasteiger partial charge in [-0.2, -0.15) is 0 Å². The van der Waals surface area contributed by atoms with Crippen LogP contribution in [0.1, 0.15) is 23.6 Å². The summed E-state index contributed by atoms with van der Waals surface area (Å²) in [6, 6.07) is 9.83. The van der Waals surface area contributed by atoms with E-state index in [1.807, 2.05) is 11.9 Å². The molecular formula is C18H27N5O. The van der Waals surface area contributed by atoms with Gasteiger partial charge in [0.25, 0.3) is 0 Å². The molecule has 1 aromatic rings. The Bertz CT molecular complexity index is 621. The van der Waals surface area contributed by atoms with Crippen molar-refractivity contribution in [1.82, 2.24) is 26.0 Å². The number of carbonyl (C=O) groups is 1. The van der Waals surface area contributed by atoms with Gasteiger partial charge >= 0.3 is 6.03 Å². The van der Waals surface area contributed by atoms with Gasteiger partial charge < -0.3 is 15.1 Å². The lowest BCUT2D eigenvalue weighted by Crippen LogP contribution is -2.52. The lowest BCUT2D eigenvalue weighted by Gasteiger charge is -2.37. The number of benzene rings is 1. The number of likely N-dealkylation sites (N-methyl/N-ethyl adjacent to an activating group) is 1. The quantitative estimate of drug-likeness (QED) is 0.770. The second kappa shape index (κ2) is 6.35. The summed E-state index contributed by atoms with van der Waals surface area (Å²) >= 11 is 0. The number of hydrazine groups is 1. The van der Waals surface area contributed by atoms with Crippen LogP contribution in [-0.4, -0.2) is 61.1 Å². The smallest absolute Gasteiger partial charge is 0.317 e. The van der Waals surface area contributed by atoms with Crippen LogP contribution in [0, 0.1) is 12.8 Å². The molecule has 0 aromatic heterocycles. The highest BCUT2D eigenvalue weighted by Gasteiger charge is 2.41. The van der Waals surface area contributed by atoms with Crippen molar-refractivity contribution in [2.24, 2.45) is 5.92 Å². The zero-order valence-electron chi connectivity index (χ0n) is 14.5. The number of hydrogen-bond donors (Lipinski definition) is 3. The van der Waals surface area contributed by atoms with Crippen molar-refractivity contribution >= 4 is 6.03 Å². The second-order valence-electron chi connectivity index (χ2n) is 7.46. The van der Waals surface area contributed by atoms with Crippen LogP contribution >= 0.6 is 0 Å². The van der Waals surface area contributed by atoms with E-state index in [-0.39, 0.29) is 12.1 Å². The Morgan fingerprint density at radius 3 is 3.04 bits per heavy atom. The monoisotopic (exact) mass is 329 g/mol. The zero-order chi connectivity index (χ0) is 16.7. The number of rotatable bonds is 3. The highest BCUT2D eigenvalue weighted by Crippen LogP contribution is 2.28. The number of amides is 2. The Kier molecular flexibility index (Phi) is 4.20. The molecule has 3 saturated heterocycles. The summed E-state index contributed by atoms with van der Waals surface area (Å²) in [7, 11) is 1.91. The molecule has 3 fully saturated rings. The minimum absolute atomic E-state index is 0.0775. The number of fused-ring (bicyclic) bond motifs is 1. The maximum absolute atomic E-state index is 11.8. The number of nitrogens with zero attached hydrogens (tertiary/aromatic N) is 2. The molecule has 24 heavy (non-hydrogen) atoms. The fraction of sp³-hybridized carbons (Fsp3) is 0.611. The Labute approximate surface area is 143 Å². The van der Waals surface area contributed by atoms with E-state index in [1.54, 1.807) is 0 Å². The summed E-state index contributed by atoms with van der Waals surface area (Å²) in [4.78, 5) is 16.2. The van der Waals surface area contributed by atoms with Crippen molar-refractivity contribution in [1.29, 1.82) is 0 Å². The van der Waals surface area contributed by atoms with Crippen LogP contribution in [0.3, 0.4) is 0 Å². The van der Waals surface area contributed by atoms with Crippen LogP contribution in [-0.2, 0) is 0 Å². The first-order valence-corrected chi connectivity index (χ1v) is 8.92. The molecule has 0 bridgehead atoms. The van der Waals surface area contributed by atoms with E-state index in [0.29, 0.717) is 18.0 Å². The van der Waals surface area contributed by atoms with Gasteiger partial charge in [0.1, 0.15) is 0 Å². The first kappa shape index (κ1) is 15.9. The normalized spacial score (nSPS) is 33.6. The number of likely N-dealkylation sites (tertiary alicyclic amines) is 1. The first-order valence-electron chi connectivity index (χ1n) is 8.92. The third-order valence-corrected chi connectivity index (χ3v) is 5.77. The van der Waals surface area contributed by atoms with Crippen molar-refractivity contribution in [3.05, 3.63) is 35.4 Å². The Balaban J connectivity index is 1.41. The van der Waals surface area contributed by atoms with Crippen molar-refractivity contribution in [2.45, 2.75) is 31.5 Å². The number of urea groups is 1. The summed E-state index contributed by atoms with van der Waals surface area (Å²) in [5.41, 5.74) is 9.44. The van der Waals surface area contributed by atoms with Crippen LogP contribution in [0.4, 0.5) is 4.79 Å². The summed E-state index contributed by atoms with van der Waals surface area (Å²) in [5, 5.41) is 3.12. The Hall–Kier alpha value is -1.63. The number of aryl methyl sites for hydroxylation is 1. The maximum atomic E-state index is 11.8. The minimum Gasteiger partial charge on any atom is -0.332 e. The van der Waals surface area contributed by atoms with E-state index in [1.165, 1.54) is 11.1 Å². The highest BCUT2D eigenvalue weighted by molar-refractivity contribution is 5.77. The van der Waals surface area contributed by atoms with Crippen LogP contribution in [0.2, 0.25) is 0 Å². The molecule has 0 spiro atoms. The third kappa shape index (κ3) is 2.90. The summed E-state index contributed by atoms with van der Waals surface area (Å²) < 4.78 is 0. The molecule has 4 rings (SSSR count). The summed E-state index contributed by atoms with van der Waals surface area (Å²) in [6.45, 7) is 6.21. The average Bonchev–Trinajstić information content (AvgIpc) is 3.13. The van der Waals surface area contributed by atoms with E-state index < -0.39 is 0 Å². The van der Waals surface area contributed by atoms with Gasteiger partial charge in [0.15, 0.2) is 0 Å². The number of hydrogen-bond acceptors (Lipinski definition) is 4. The van der Waals surface area contributed by atoms with E-state index in [4.69, 9.17) is 0 Å². The minimum atomic E-state index is 0.0775. The van der Waals surface area contributed by atoms with Gasteiger partial charge in [0, 0.05) is 39.1 Å². The van der Waals surface area contributed by atoms with E-state index in [9.17, 15) is 4.79 Å². The van der Waals surface area contributed by atoms with E-state index >= 15 is 0 Å². The van der Waals surface area contributed by atoms with Crippen LogP contribution in [0.15, 0.2) is 24.3 Å². The molecule has 130 valence electrons. The van der Waals surface area contributed by atoms with Crippen molar-refractivity contribution < 1.29 is 4.79 Å². The molecule has 0 aliphatic carbocycles. The molecule has 6 nitrogen and oxygen atoms in total. The van der Waals surface area contributed by atoms with Crippen molar-refractivity contribution in [3.63, 3.8) is 0 Å². The van der Waals surface area contributed by atoms with Gasteiger partial charge in [-0.15, -0.1) is 0 Å². The first-order chi connectivity index (χ1) is 11.6. The maximum Gasteiger partial charge on any atom is 0.317 e. The predicted molar refractivity (Wildman–Crippen MR) is 93.5 cm³/mol. The molecule has 1 aromatic carbocycles. The molecule has 2 amide bonds. The molecule has 3 aliphatic rings. The summed E-state index contributed by atoms with van der Waals surface area (Å²) in [6.07, 6.45) is 1.06. The lowest BCUT2D eigenvalue weighted by molar-refractivity contribution is 0.135. The van der Waals surface area contributed by atoms with Crippen molar-refractivity contribution in [2.75, 3.05) is 33.2 Å². The Morgan fingerprint density at radius 2 is 2.21 bits per heavy atom. The number of piperidine rings is 1. The molecule has 6 heteroatoms. The van der Waals surface area contributed by atoms with Crippen molar-refractivity contribution in [3.8, 4) is 0 Å². The van der Waals surface area contributed by atoms with Gasteiger partial charge in [-0.3, -0.25) is 5.43 Å². The third-order valence-electron chi connectivity index (χ3n) is 5.77. The molecule has 4 atom stereocenters. The molecule has 3 aliphatic heterocycles. The highest BCUT2D eigenvalue weighted by atomic mass is 16.2. The van der Waals surface area contributed by atoms with E-state index in [2.05, 4.69) is 52.3 Å². The van der Waals surface area contributed by atoms with Gasteiger partial charge in [-0.1, -0.05) is 29.8 Å². The zero-order valence-corrected chi connectivity index (χ0v) is 14.5. The SMILES string of the molecule is Cc1cccc(C2NNCC2CN2CC[C@H]3[C@@H](C2)NC(=O)N3C)c1. The largest absolute Gasteiger partial charge is 0.332 e. The van der Waals surface area contributed by atoms with Gasteiger partial charge in [0.2, 0.25) is 0 Å². The molecule has 3 N–H and O–H groups in total. The molecule has 3 heterocycles. The van der Waals surface area contributed by atoms with Gasteiger partial charge in [-0.25, -0.2) is 10.2 Å². The molecular weight excluding hydrogens is 302 g/mol. The molecule has 0 radical (unpaired) electrons. The second-order valence-corrected chi connectivity index (χ2v) is 7.46. The molecule has 2 unspecified atom stereocenters. The van der Waals surface area contributed by atoms with Crippen LogP contribution < -0.4 is 16.2 Å². The average molecular weight is 329 g/mol. The fourth-order valence-corrected chi connectivity index (χ4v) is 4.45. The molecule has 0 saturated carbocycles. The topological polar surface area (TPSA) is 59.6 Å². The Morgan fingerprint density at radius 1 is 1.33 bits per heavy atom. The van der Waals surface area contributed by atoms with Gasteiger partial charge in [0.05, 0.1) is 18.1 Å². The number of nitrogens with one attached hydrogen (secondary N) is 3. The predicted octanol–water partition coefficient (Wildman–Crippen LogP) is 0.858.